The fraction of sp³-hybridized carbons (Fsp3) is 0.438. The highest BCUT2D eigenvalue weighted by molar-refractivity contribution is 6.33. The number of benzene rings is 2. The number of pyridine rings is 1. The van der Waals surface area contributed by atoms with Gasteiger partial charge in [-0.1, -0.05) is 56.1 Å². The van der Waals surface area contributed by atoms with E-state index in [1.807, 2.05) is 18.2 Å². The molecule has 3 unspecified atom stereocenters. The number of nitrogens with zero attached hydrogens (tertiary/aromatic N) is 1. The summed E-state index contributed by atoms with van der Waals surface area (Å²) >= 11 is 6.62. The van der Waals surface area contributed by atoms with Crippen LogP contribution in [0.2, 0.25) is 5.02 Å². The summed E-state index contributed by atoms with van der Waals surface area (Å²) in [4.78, 5) is 15.9. The highest BCUT2D eigenvalue weighted by Gasteiger charge is 2.63. The number of carboxylic acids is 1. The molecule has 3 atom stereocenters. The maximum Gasteiger partial charge on any atom is 0.307 e. The van der Waals surface area contributed by atoms with Crippen molar-refractivity contribution in [3.05, 3.63) is 75.7 Å². The van der Waals surface area contributed by atoms with Crippen LogP contribution in [0.5, 0.6) is 11.6 Å². The van der Waals surface area contributed by atoms with Crippen LogP contribution in [0.1, 0.15) is 74.1 Å². The molecular formula is C32H33ClFNO4. The number of methoxy groups -OCH3 is 1. The van der Waals surface area contributed by atoms with Gasteiger partial charge in [-0.2, -0.15) is 0 Å². The van der Waals surface area contributed by atoms with E-state index in [-0.39, 0.29) is 17.8 Å². The molecule has 1 N–H and O–H groups in total. The third-order valence-corrected chi connectivity index (χ3v) is 9.68. The number of carbonyl (C=O) groups is 1. The molecule has 3 aromatic rings. The molecule has 39 heavy (non-hydrogen) atoms. The Hall–Kier alpha value is -3.12. The van der Waals surface area contributed by atoms with Gasteiger partial charge < -0.3 is 14.6 Å². The van der Waals surface area contributed by atoms with E-state index in [9.17, 15) is 9.90 Å². The molecule has 0 amide bonds. The van der Waals surface area contributed by atoms with Gasteiger partial charge in [0.05, 0.1) is 24.2 Å². The van der Waals surface area contributed by atoms with Crippen molar-refractivity contribution in [3.8, 4) is 22.8 Å². The summed E-state index contributed by atoms with van der Waals surface area (Å²) in [5.74, 6) is -0.737. The standard InChI is InChI=1S/C32H33ClFNO4/c1-31(2)11-4-5-23(31)21-13-18(6-8-20(21)22-14-27(38-3)35-16-25(22)33)17-39-26-9-7-19-10-12-32(28(19)29(26)34)15-24(32)30(36)37/h6-9,13-14,16,23-24H,4-5,10-12,15,17H2,1-3H3,(H,36,37). The van der Waals surface area contributed by atoms with Gasteiger partial charge >= 0.3 is 5.97 Å². The summed E-state index contributed by atoms with van der Waals surface area (Å²) in [7, 11) is 1.59. The number of aliphatic carboxylic acids is 1. The van der Waals surface area contributed by atoms with Gasteiger partial charge in [-0.3, -0.25) is 4.79 Å². The van der Waals surface area contributed by atoms with Crippen LogP contribution in [0.3, 0.4) is 0 Å². The second kappa shape index (κ2) is 9.51. The van der Waals surface area contributed by atoms with Gasteiger partial charge in [-0.25, -0.2) is 9.37 Å². The lowest BCUT2D eigenvalue weighted by atomic mass is 9.75. The van der Waals surface area contributed by atoms with E-state index in [4.69, 9.17) is 21.1 Å². The number of rotatable bonds is 7. The van der Waals surface area contributed by atoms with Crippen molar-refractivity contribution in [3.63, 3.8) is 0 Å². The van der Waals surface area contributed by atoms with Crippen LogP contribution < -0.4 is 9.47 Å². The molecule has 0 bridgehead atoms. The zero-order valence-electron chi connectivity index (χ0n) is 22.5. The van der Waals surface area contributed by atoms with Crippen molar-refractivity contribution >= 4 is 17.6 Å². The average Bonchev–Trinajstić information content (AvgIpc) is 3.36. The first-order chi connectivity index (χ1) is 18.6. The number of fused-ring (bicyclic) bond motifs is 2. The summed E-state index contributed by atoms with van der Waals surface area (Å²) in [5.41, 5.74) is 5.08. The number of halogens is 2. The predicted molar refractivity (Wildman–Crippen MR) is 148 cm³/mol. The fourth-order valence-corrected chi connectivity index (χ4v) is 7.36. The SMILES string of the molecule is COc1cc(-c2ccc(COc3ccc4c(c3F)C3(CC4)CC3C(=O)O)cc2C2CCCC2(C)C)c(Cl)cn1. The van der Waals surface area contributed by atoms with Gasteiger partial charge in [-0.15, -0.1) is 0 Å². The van der Waals surface area contributed by atoms with Gasteiger partial charge in [-0.05, 0) is 71.8 Å². The Labute approximate surface area is 233 Å². The molecule has 0 aliphatic heterocycles. The van der Waals surface area contributed by atoms with Crippen molar-refractivity contribution < 1.29 is 23.8 Å². The van der Waals surface area contributed by atoms with Crippen LogP contribution in [0.4, 0.5) is 4.39 Å². The van der Waals surface area contributed by atoms with E-state index in [1.54, 1.807) is 19.4 Å². The third-order valence-electron chi connectivity index (χ3n) is 9.38. The maximum atomic E-state index is 15.7. The molecule has 0 saturated heterocycles. The van der Waals surface area contributed by atoms with E-state index in [0.29, 0.717) is 41.6 Å². The molecule has 0 radical (unpaired) electrons. The third kappa shape index (κ3) is 4.37. The number of carboxylic acid groups (broad SMARTS) is 1. The largest absolute Gasteiger partial charge is 0.486 e. The Morgan fingerprint density at radius 3 is 2.69 bits per heavy atom. The molecule has 7 heteroatoms. The number of ether oxygens (including phenoxy) is 2. The quantitative estimate of drug-likeness (QED) is 0.327. The maximum absolute atomic E-state index is 15.7. The number of hydrogen-bond acceptors (Lipinski definition) is 4. The van der Waals surface area contributed by atoms with Crippen LogP contribution in [-0.2, 0) is 23.2 Å². The molecule has 3 aliphatic rings. The number of aryl methyl sites for hydroxylation is 1. The molecule has 6 rings (SSSR count). The number of hydrogen-bond donors (Lipinski definition) is 1. The second-order valence-corrected chi connectivity index (χ2v) is 12.4. The molecule has 2 saturated carbocycles. The fourth-order valence-electron chi connectivity index (χ4n) is 7.16. The zero-order chi connectivity index (χ0) is 27.5. The summed E-state index contributed by atoms with van der Waals surface area (Å²) in [5, 5.41) is 10.1. The lowest BCUT2D eigenvalue weighted by Crippen LogP contribution is -2.17. The van der Waals surface area contributed by atoms with Crippen molar-refractivity contribution in [2.75, 3.05) is 7.11 Å². The Bertz CT molecular complexity index is 1470. The van der Waals surface area contributed by atoms with Gasteiger partial charge in [0.25, 0.3) is 0 Å². The van der Waals surface area contributed by atoms with Crippen LogP contribution >= 0.6 is 11.6 Å². The van der Waals surface area contributed by atoms with Gasteiger partial charge in [0.1, 0.15) is 6.61 Å². The molecule has 1 aromatic heterocycles. The van der Waals surface area contributed by atoms with E-state index in [0.717, 1.165) is 41.5 Å². The Morgan fingerprint density at radius 1 is 1.18 bits per heavy atom. The van der Waals surface area contributed by atoms with E-state index < -0.39 is 23.1 Å². The molecule has 1 heterocycles. The first-order valence-electron chi connectivity index (χ1n) is 13.6. The molecule has 2 aromatic carbocycles. The molecule has 2 fully saturated rings. The summed E-state index contributed by atoms with van der Waals surface area (Å²) in [6.07, 6.45) is 6.89. The summed E-state index contributed by atoms with van der Waals surface area (Å²) in [6, 6.07) is 11.7. The summed E-state index contributed by atoms with van der Waals surface area (Å²) < 4.78 is 27.2. The van der Waals surface area contributed by atoms with Crippen molar-refractivity contribution in [1.29, 1.82) is 0 Å². The summed E-state index contributed by atoms with van der Waals surface area (Å²) in [6.45, 7) is 4.83. The van der Waals surface area contributed by atoms with Gasteiger partial charge in [0.2, 0.25) is 5.88 Å². The van der Waals surface area contributed by atoms with Crippen molar-refractivity contribution in [1.82, 2.24) is 4.98 Å². The Kier molecular flexibility index (Phi) is 6.37. The van der Waals surface area contributed by atoms with Crippen LogP contribution in [-0.4, -0.2) is 23.2 Å². The number of aromatic nitrogens is 1. The molecule has 204 valence electrons. The first kappa shape index (κ1) is 26.1. The Balaban J connectivity index is 1.33. The van der Waals surface area contributed by atoms with Crippen LogP contribution in [0.15, 0.2) is 42.6 Å². The van der Waals surface area contributed by atoms with Crippen LogP contribution in [0, 0.1) is 17.2 Å². The molecule has 3 aliphatic carbocycles. The zero-order valence-corrected chi connectivity index (χ0v) is 23.3. The molecular weight excluding hydrogens is 517 g/mol. The first-order valence-corrected chi connectivity index (χ1v) is 14.0. The highest BCUT2D eigenvalue weighted by Crippen LogP contribution is 2.63. The minimum Gasteiger partial charge on any atom is -0.486 e. The lowest BCUT2D eigenvalue weighted by molar-refractivity contribution is -0.139. The van der Waals surface area contributed by atoms with Gasteiger partial charge in [0, 0.05) is 22.6 Å². The highest BCUT2D eigenvalue weighted by atomic mass is 35.5. The molecule has 1 spiro atoms. The predicted octanol–water partition coefficient (Wildman–Crippen LogP) is 7.71. The van der Waals surface area contributed by atoms with E-state index >= 15 is 4.39 Å². The monoisotopic (exact) mass is 549 g/mol. The second-order valence-electron chi connectivity index (χ2n) is 12.0. The lowest BCUT2D eigenvalue weighted by Gasteiger charge is -2.30. The average molecular weight is 550 g/mol. The van der Waals surface area contributed by atoms with Crippen molar-refractivity contribution in [2.24, 2.45) is 11.3 Å². The smallest absolute Gasteiger partial charge is 0.307 e. The minimum atomic E-state index is -0.844. The van der Waals surface area contributed by atoms with Gasteiger partial charge in [0.15, 0.2) is 11.6 Å². The Morgan fingerprint density at radius 2 is 2.00 bits per heavy atom. The minimum absolute atomic E-state index is 0.128. The molecule has 5 nitrogen and oxygen atoms in total. The van der Waals surface area contributed by atoms with Crippen LogP contribution in [0.25, 0.3) is 11.1 Å². The topological polar surface area (TPSA) is 68.7 Å². The van der Waals surface area contributed by atoms with Crippen molar-refractivity contribution in [2.45, 2.75) is 70.3 Å². The van der Waals surface area contributed by atoms with E-state index in [1.165, 1.54) is 5.56 Å². The normalized spacial score (nSPS) is 24.5. The van der Waals surface area contributed by atoms with E-state index in [2.05, 4.69) is 31.0 Å².